The van der Waals surface area contributed by atoms with E-state index in [4.69, 9.17) is 4.74 Å². The summed E-state index contributed by atoms with van der Waals surface area (Å²) in [5.74, 6) is -3.75. The third-order valence-corrected chi connectivity index (χ3v) is 11.8. The van der Waals surface area contributed by atoms with Crippen molar-refractivity contribution in [1.29, 1.82) is 0 Å². The Hall–Kier alpha value is -5.96. The highest BCUT2D eigenvalue weighted by atomic mass is 16.5. The number of likely N-dealkylation sites (tertiary alicyclic amines) is 1. The van der Waals surface area contributed by atoms with Crippen LogP contribution in [0.1, 0.15) is 35.1 Å². The van der Waals surface area contributed by atoms with Crippen molar-refractivity contribution >= 4 is 29.3 Å². The van der Waals surface area contributed by atoms with Crippen LogP contribution in [-0.4, -0.2) is 38.6 Å². The zero-order chi connectivity index (χ0) is 35.7. The molecule has 0 unspecified atom stereocenters. The number of phenols is 1. The molecule has 9 heteroatoms. The molecule has 3 aliphatic heterocycles. The highest BCUT2D eigenvalue weighted by Crippen LogP contribution is 2.63. The lowest BCUT2D eigenvalue weighted by Gasteiger charge is -2.51. The van der Waals surface area contributed by atoms with Crippen LogP contribution in [-0.2, 0) is 37.6 Å². The number of carbonyl (C=O) groups is 4. The number of carbonyl (C=O) groups excluding carboxylic acids is 4. The number of ether oxygens (including phenoxy) is 1. The van der Waals surface area contributed by atoms with E-state index in [0.717, 1.165) is 32.8 Å². The number of hydrogen-bond donors (Lipinski definition) is 2. The van der Waals surface area contributed by atoms with Crippen molar-refractivity contribution in [1.82, 2.24) is 9.91 Å². The van der Waals surface area contributed by atoms with Gasteiger partial charge in [0.1, 0.15) is 11.5 Å². The molecule has 4 aromatic rings. The summed E-state index contributed by atoms with van der Waals surface area (Å²) in [6.45, 7) is 2.15. The molecule has 4 aromatic carbocycles. The minimum atomic E-state index is -1.38. The lowest BCUT2D eigenvalue weighted by atomic mass is 9.48. The molecule has 0 spiro atoms. The fourth-order valence-corrected chi connectivity index (χ4v) is 9.55. The lowest BCUT2D eigenvalue weighted by molar-refractivity contribution is -0.142. The van der Waals surface area contributed by atoms with Gasteiger partial charge in [-0.3, -0.25) is 29.5 Å². The van der Waals surface area contributed by atoms with E-state index in [0.29, 0.717) is 29.8 Å². The molecule has 0 radical (unpaired) electrons. The zero-order valence-electron chi connectivity index (χ0n) is 28.6. The Morgan fingerprint density at radius 2 is 1.58 bits per heavy atom. The molecule has 260 valence electrons. The maximum Gasteiger partial charge on any atom is 0.260 e. The number of rotatable bonds is 6. The van der Waals surface area contributed by atoms with Crippen LogP contribution >= 0.6 is 0 Å². The molecule has 1 saturated carbocycles. The van der Waals surface area contributed by atoms with Gasteiger partial charge in [0.2, 0.25) is 11.8 Å². The molecule has 0 bridgehead atoms. The van der Waals surface area contributed by atoms with Crippen LogP contribution in [0.4, 0.5) is 5.69 Å². The summed E-state index contributed by atoms with van der Waals surface area (Å²) in [6.07, 6.45) is 4.66. The fourth-order valence-electron chi connectivity index (χ4n) is 9.55. The number of hydrogen-bond acceptors (Lipinski definition) is 7. The highest BCUT2D eigenvalue weighted by molar-refractivity contribution is 6.13. The Morgan fingerprint density at radius 3 is 2.33 bits per heavy atom. The van der Waals surface area contributed by atoms with E-state index in [1.54, 1.807) is 24.5 Å². The first-order valence-corrected chi connectivity index (χ1v) is 17.8. The largest absolute Gasteiger partial charge is 0.508 e. The molecular weight excluding hydrogens is 654 g/mol. The van der Waals surface area contributed by atoms with Gasteiger partial charge in [-0.2, -0.15) is 5.01 Å². The molecule has 2 saturated heterocycles. The Bertz CT molecular complexity index is 2200. The third kappa shape index (κ3) is 4.75. The SMILES string of the molecule is Cc1ccc(NN2C(=O)[C@@H]3C[C@@H]4C(=CC[C@@H]5C(=O)N(Cc6ccccc6)C(=O)[C@@H]54)[C@H](C4=COc5ccc(O)cc5C4)[C@]3(c3ccccc3)C2=O)cc1. The first-order chi connectivity index (χ1) is 25.3. The Kier molecular flexibility index (Phi) is 7.43. The Morgan fingerprint density at radius 1 is 0.846 bits per heavy atom. The molecule has 3 heterocycles. The molecular formula is C43H37N3O6. The predicted molar refractivity (Wildman–Crippen MR) is 192 cm³/mol. The number of phenolic OH excluding ortho intramolecular Hbond substituents is 1. The molecule has 2 aliphatic carbocycles. The number of aromatic hydroxyl groups is 1. The van der Waals surface area contributed by atoms with Crippen LogP contribution in [0.5, 0.6) is 11.5 Å². The number of nitrogens with one attached hydrogen (secondary N) is 1. The van der Waals surface area contributed by atoms with Gasteiger partial charge in [-0.25, -0.2) is 0 Å². The van der Waals surface area contributed by atoms with Crippen LogP contribution in [0.3, 0.4) is 0 Å². The van der Waals surface area contributed by atoms with Gasteiger partial charge in [-0.1, -0.05) is 90.0 Å². The van der Waals surface area contributed by atoms with E-state index in [9.17, 15) is 19.5 Å². The molecule has 9 rings (SSSR count). The highest BCUT2D eigenvalue weighted by Gasteiger charge is 2.70. The summed E-state index contributed by atoms with van der Waals surface area (Å²) in [6, 6.07) is 31.4. The number of fused-ring (bicyclic) bond motifs is 5. The molecule has 52 heavy (non-hydrogen) atoms. The van der Waals surface area contributed by atoms with Crippen molar-refractivity contribution in [3.8, 4) is 11.5 Å². The van der Waals surface area contributed by atoms with Gasteiger partial charge in [-0.15, -0.1) is 0 Å². The molecule has 4 amide bonds. The van der Waals surface area contributed by atoms with Gasteiger partial charge < -0.3 is 9.84 Å². The van der Waals surface area contributed by atoms with Crippen molar-refractivity contribution in [3.05, 3.63) is 149 Å². The van der Waals surface area contributed by atoms with Crippen molar-refractivity contribution in [2.45, 2.75) is 38.1 Å². The number of imide groups is 2. The summed E-state index contributed by atoms with van der Waals surface area (Å²) < 4.78 is 6.20. The standard InChI is InChI=1S/C43H37N3O6/c1-25-12-14-30(15-13-25)44-46-40(49)35-22-34-32(17-18-33-37(34)41(50)45(39(33)48)23-26-8-4-2-5-9-26)38(43(35,42(46)51)29-10-6-3-7-11-29)28-20-27-21-31(47)16-19-36(27)52-24-28/h2-17,19,21,24,33-35,37-38,44,47H,18,20,22-23H2,1H3/t33-,34+,35-,37-,38-,43+/m0/s1. The summed E-state index contributed by atoms with van der Waals surface area (Å²) >= 11 is 0. The number of anilines is 1. The van der Waals surface area contributed by atoms with Crippen molar-refractivity contribution in [2.24, 2.45) is 29.6 Å². The number of benzene rings is 4. The summed E-state index contributed by atoms with van der Waals surface area (Å²) in [4.78, 5) is 60.0. The number of allylic oxidation sites excluding steroid dienone is 3. The second-order valence-corrected chi connectivity index (χ2v) is 14.6. The van der Waals surface area contributed by atoms with Crippen LogP contribution < -0.4 is 10.2 Å². The first-order valence-electron chi connectivity index (χ1n) is 17.8. The van der Waals surface area contributed by atoms with E-state index in [-0.39, 0.29) is 42.3 Å². The fraction of sp³-hybridized carbons (Fsp3) is 0.256. The Labute approximate surface area is 301 Å². The van der Waals surface area contributed by atoms with Gasteiger partial charge in [-0.05, 0) is 72.7 Å². The number of nitrogens with zero attached hydrogens (tertiary/aromatic N) is 2. The van der Waals surface area contributed by atoms with E-state index < -0.39 is 35.0 Å². The van der Waals surface area contributed by atoms with Crippen molar-refractivity contribution in [3.63, 3.8) is 0 Å². The zero-order valence-corrected chi connectivity index (χ0v) is 28.6. The smallest absolute Gasteiger partial charge is 0.260 e. The van der Waals surface area contributed by atoms with Gasteiger partial charge >= 0.3 is 0 Å². The second-order valence-electron chi connectivity index (χ2n) is 14.6. The summed E-state index contributed by atoms with van der Waals surface area (Å²) in [5, 5.41) is 11.6. The maximum atomic E-state index is 15.3. The average Bonchev–Trinajstić information content (AvgIpc) is 3.53. The van der Waals surface area contributed by atoms with Gasteiger partial charge in [0, 0.05) is 17.9 Å². The minimum absolute atomic E-state index is 0.0923. The van der Waals surface area contributed by atoms with Gasteiger partial charge in [0.05, 0.1) is 41.7 Å². The summed E-state index contributed by atoms with van der Waals surface area (Å²) in [7, 11) is 0. The first kappa shape index (κ1) is 32.0. The van der Waals surface area contributed by atoms with Crippen LogP contribution in [0.2, 0.25) is 0 Å². The van der Waals surface area contributed by atoms with E-state index in [2.05, 4.69) is 11.5 Å². The number of hydrazine groups is 1. The maximum absolute atomic E-state index is 15.3. The van der Waals surface area contributed by atoms with Crippen molar-refractivity contribution in [2.75, 3.05) is 5.43 Å². The second kappa shape index (κ2) is 12.1. The third-order valence-electron chi connectivity index (χ3n) is 11.8. The molecule has 3 fully saturated rings. The predicted octanol–water partition coefficient (Wildman–Crippen LogP) is 6.24. The lowest BCUT2D eigenvalue weighted by Crippen LogP contribution is -2.55. The number of amides is 4. The van der Waals surface area contributed by atoms with Crippen molar-refractivity contribution < 1.29 is 29.0 Å². The Balaban J connectivity index is 1.20. The minimum Gasteiger partial charge on any atom is -0.508 e. The van der Waals surface area contributed by atoms with E-state index >= 15 is 4.79 Å². The molecule has 6 atom stereocenters. The normalized spacial score (nSPS) is 27.6. The van der Waals surface area contributed by atoms with Crippen LogP contribution in [0.15, 0.2) is 127 Å². The van der Waals surface area contributed by atoms with Gasteiger partial charge in [0.25, 0.3) is 11.8 Å². The molecule has 5 aliphatic rings. The topological polar surface area (TPSA) is 116 Å². The van der Waals surface area contributed by atoms with E-state index in [1.807, 2.05) is 91.9 Å². The average molecular weight is 692 g/mol. The van der Waals surface area contributed by atoms with Crippen LogP contribution in [0.25, 0.3) is 0 Å². The van der Waals surface area contributed by atoms with Crippen LogP contribution in [0, 0.1) is 36.5 Å². The molecule has 2 N–H and O–H groups in total. The molecule has 9 nitrogen and oxygen atoms in total. The quantitative estimate of drug-likeness (QED) is 0.182. The summed E-state index contributed by atoms with van der Waals surface area (Å²) in [5.41, 5.74) is 7.34. The molecule has 0 aromatic heterocycles. The number of aryl methyl sites for hydroxylation is 1. The monoisotopic (exact) mass is 691 g/mol. The van der Waals surface area contributed by atoms with E-state index in [1.165, 1.54) is 4.90 Å². The van der Waals surface area contributed by atoms with Gasteiger partial charge in [0.15, 0.2) is 0 Å².